The summed E-state index contributed by atoms with van der Waals surface area (Å²) < 4.78 is 1.95. The van der Waals surface area contributed by atoms with E-state index in [0.717, 1.165) is 16.9 Å². The largest absolute Gasteiger partial charge is 0.323 e. The number of anilines is 1. The minimum absolute atomic E-state index is 0.213. The van der Waals surface area contributed by atoms with Gasteiger partial charge in [-0.05, 0) is 38.1 Å². The number of hydrogen-bond acceptors (Lipinski definition) is 2. The maximum atomic E-state index is 11.3. The van der Waals surface area contributed by atoms with Gasteiger partial charge in [0, 0.05) is 23.5 Å². The molecular weight excluding hydrogens is 238 g/mol. The van der Waals surface area contributed by atoms with Gasteiger partial charge in [0.15, 0.2) is 0 Å². The van der Waals surface area contributed by atoms with E-state index in [9.17, 15) is 4.79 Å². The van der Waals surface area contributed by atoms with Crippen LogP contribution in [0.15, 0.2) is 49.2 Å². The van der Waals surface area contributed by atoms with Crippen molar-refractivity contribution in [2.45, 2.75) is 19.9 Å². The minimum Gasteiger partial charge on any atom is -0.323 e. The summed E-state index contributed by atoms with van der Waals surface area (Å²) >= 11 is 0. The third kappa shape index (κ3) is 2.91. The lowest BCUT2D eigenvalue weighted by Gasteiger charge is -2.12. The second-order valence-corrected chi connectivity index (χ2v) is 4.53. The number of aromatic nitrogens is 2. The van der Waals surface area contributed by atoms with Crippen LogP contribution in [-0.4, -0.2) is 15.7 Å². The zero-order valence-electron chi connectivity index (χ0n) is 11.1. The topological polar surface area (TPSA) is 46.9 Å². The Morgan fingerprint density at radius 3 is 2.89 bits per heavy atom. The molecule has 0 bridgehead atoms. The molecule has 19 heavy (non-hydrogen) atoms. The zero-order valence-corrected chi connectivity index (χ0v) is 11.1. The van der Waals surface area contributed by atoms with E-state index >= 15 is 0 Å². The first-order valence-corrected chi connectivity index (χ1v) is 6.19. The van der Waals surface area contributed by atoms with Crippen LogP contribution in [0.3, 0.4) is 0 Å². The number of carbonyl (C=O) groups excluding carboxylic acids is 1. The van der Waals surface area contributed by atoms with E-state index in [-0.39, 0.29) is 11.9 Å². The van der Waals surface area contributed by atoms with E-state index in [1.165, 1.54) is 6.08 Å². The number of benzene rings is 1. The quantitative estimate of drug-likeness (QED) is 0.852. The summed E-state index contributed by atoms with van der Waals surface area (Å²) in [5.74, 6) is -0.213. The number of rotatable bonds is 4. The second-order valence-electron chi connectivity index (χ2n) is 4.53. The third-order valence-corrected chi connectivity index (χ3v) is 2.77. The molecule has 1 aromatic carbocycles. The lowest BCUT2D eigenvalue weighted by atomic mass is 10.1. The lowest BCUT2D eigenvalue weighted by molar-refractivity contribution is -0.111. The number of amides is 1. The Bertz CT molecular complexity index is 599. The van der Waals surface area contributed by atoms with Gasteiger partial charge in [-0.25, -0.2) is 0 Å². The number of hydrogen-bond donors (Lipinski definition) is 1. The van der Waals surface area contributed by atoms with Crippen LogP contribution in [0.2, 0.25) is 0 Å². The predicted octanol–water partition coefficient (Wildman–Crippen LogP) is 3.26. The maximum Gasteiger partial charge on any atom is 0.247 e. The molecule has 1 aromatic heterocycles. The molecule has 0 aliphatic carbocycles. The molecular formula is C15H17N3O. The summed E-state index contributed by atoms with van der Waals surface area (Å²) in [6.45, 7) is 7.61. The Morgan fingerprint density at radius 2 is 2.21 bits per heavy atom. The highest BCUT2D eigenvalue weighted by Gasteiger charge is 2.08. The summed E-state index contributed by atoms with van der Waals surface area (Å²) in [5.41, 5.74) is 2.80. The molecule has 0 saturated carbocycles. The molecule has 1 amide bonds. The molecule has 98 valence electrons. The first-order valence-electron chi connectivity index (χ1n) is 6.19. The van der Waals surface area contributed by atoms with Gasteiger partial charge in [-0.3, -0.25) is 9.48 Å². The van der Waals surface area contributed by atoms with Gasteiger partial charge in [-0.1, -0.05) is 18.7 Å². The number of nitrogens with one attached hydrogen (secondary N) is 1. The summed E-state index contributed by atoms with van der Waals surface area (Å²) in [6, 6.07) is 9.94. The minimum atomic E-state index is -0.213. The molecule has 2 aromatic rings. The molecule has 4 heteroatoms. The van der Waals surface area contributed by atoms with Crippen LogP contribution in [0, 0.1) is 0 Å². The Labute approximate surface area is 112 Å². The Morgan fingerprint density at radius 1 is 1.42 bits per heavy atom. The Balaban J connectivity index is 2.35. The Kier molecular flexibility index (Phi) is 3.80. The van der Waals surface area contributed by atoms with Crippen molar-refractivity contribution in [2.24, 2.45) is 0 Å². The van der Waals surface area contributed by atoms with E-state index in [4.69, 9.17) is 0 Å². The van der Waals surface area contributed by atoms with Gasteiger partial charge >= 0.3 is 0 Å². The van der Waals surface area contributed by atoms with Crippen molar-refractivity contribution in [3.8, 4) is 11.3 Å². The standard InChI is InChI=1S/C15H17N3O/c1-4-15(19)17-13-7-5-6-12(10-13)14-8-9-16-18(14)11(2)3/h4-11H,1H2,2-3H3,(H,17,19). The fourth-order valence-corrected chi connectivity index (χ4v) is 1.90. The summed E-state index contributed by atoms with van der Waals surface area (Å²) in [6.07, 6.45) is 3.04. The molecule has 2 rings (SSSR count). The fraction of sp³-hybridized carbons (Fsp3) is 0.200. The van der Waals surface area contributed by atoms with Gasteiger partial charge in [0.2, 0.25) is 5.91 Å². The molecule has 1 heterocycles. The van der Waals surface area contributed by atoms with Crippen LogP contribution in [0.25, 0.3) is 11.3 Å². The highest BCUT2D eigenvalue weighted by Crippen LogP contribution is 2.24. The van der Waals surface area contributed by atoms with Crippen molar-refractivity contribution in [1.29, 1.82) is 0 Å². The van der Waals surface area contributed by atoms with Gasteiger partial charge in [-0.2, -0.15) is 5.10 Å². The molecule has 0 atom stereocenters. The first-order chi connectivity index (χ1) is 9.11. The zero-order chi connectivity index (χ0) is 13.8. The average molecular weight is 255 g/mol. The van der Waals surface area contributed by atoms with Crippen molar-refractivity contribution in [3.05, 3.63) is 49.2 Å². The summed E-state index contributed by atoms with van der Waals surface area (Å²) in [7, 11) is 0. The van der Waals surface area contributed by atoms with Gasteiger partial charge in [-0.15, -0.1) is 0 Å². The van der Waals surface area contributed by atoms with E-state index in [0.29, 0.717) is 0 Å². The molecule has 0 spiro atoms. The van der Waals surface area contributed by atoms with Crippen LogP contribution < -0.4 is 5.32 Å². The summed E-state index contributed by atoms with van der Waals surface area (Å²) in [4.78, 5) is 11.3. The fourth-order valence-electron chi connectivity index (χ4n) is 1.90. The average Bonchev–Trinajstić information content (AvgIpc) is 2.88. The van der Waals surface area contributed by atoms with E-state index in [1.54, 1.807) is 6.20 Å². The normalized spacial score (nSPS) is 10.5. The van der Waals surface area contributed by atoms with Gasteiger partial charge in [0.25, 0.3) is 0 Å². The van der Waals surface area contributed by atoms with Gasteiger partial charge < -0.3 is 5.32 Å². The SMILES string of the molecule is C=CC(=O)Nc1cccc(-c2ccnn2C(C)C)c1. The molecule has 0 saturated heterocycles. The molecule has 0 aliphatic rings. The van der Waals surface area contributed by atoms with Crippen LogP contribution in [0.5, 0.6) is 0 Å². The smallest absolute Gasteiger partial charge is 0.247 e. The maximum absolute atomic E-state index is 11.3. The molecule has 1 N–H and O–H groups in total. The third-order valence-electron chi connectivity index (χ3n) is 2.77. The first kappa shape index (κ1) is 13.1. The van der Waals surface area contributed by atoms with E-state index in [1.807, 2.05) is 35.0 Å². The van der Waals surface area contributed by atoms with Crippen molar-refractivity contribution in [2.75, 3.05) is 5.32 Å². The van der Waals surface area contributed by atoms with Crippen molar-refractivity contribution in [1.82, 2.24) is 9.78 Å². The highest BCUT2D eigenvalue weighted by atomic mass is 16.1. The van der Waals surface area contributed by atoms with Crippen LogP contribution in [-0.2, 0) is 4.79 Å². The summed E-state index contributed by atoms with van der Waals surface area (Å²) in [5, 5.41) is 7.07. The van der Waals surface area contributed by atoms with Crippen LogP contribution in [0.1, 0.15) is 19.9 Å². The van der Waals surface area contributed by atoms with Crippen molar-refractivity contribution in [3.63, 3.8) is 0 Å². The van der Waals surface area contributed by atoms with E-state index < -0.39 is 0 Å². The molecule has 0 aliphatic heterocycles. The number of carbonyl (C=O) groups is 1. The van der Waals surface area contributed by atoms with Crippen LogP contribution >= 0.6 is 0 Å². The van der Waals surface area contributed by atoms with Crippen molar-refractivity contribution < 1.29 is 4.79 Å². The molecule has 4 nitrogen and oxygen atoms in total. The van der Waals surface area contributed by atoms with Gasteiger partial charge in [0.05, 0.1) is 5.69 Å². The lowest BCUT2D eigenvalue weighted by Crippen LogP contribution is -2.08. The van der Waals surface area contributed by atoms with Gasteiger partial charge in [0.1, 0.15) is 0 Å². The molecule has 0 unspecified atom stereocenters. The second kappa shape index (κ2) is 5.52. The number of nitrogens with zero attached hydrogens (tertiary/aromatic N) is 2. The molecule has 0 radical (unpaired) electrons. The van der Waals surface area contributed by atoms with Crippen molar-refractivity contribution >= 4 is 11.6 Å². The monoisotopic (exact) mass is 255 g/mol. The predicted molar refractivity (Wildman–Crippen MR) is 76.9 cm³/mol. The van der Waals surface area contributed by atoms with E-state index in [2.05, 4.69) is 30.8 Å². The molecule has 0 fully saturated rings. The van der Waals surface area contributed by atoms with Crippen LogP contribution in [0.4, 0.5) is 5.69 Å². The Hall–Kier alpha value is -2.36. The highest BCUT2D eigenvalue weighted by molar-refractivity contribution is 5.99.